The molecule has 0 bridgehead atoms. The number of ether oxygens (including phenoxy) is 1. The van der Waals surface area contributed by atoms with E-state index in [-0.39, 0.29) is 12.0 Å². The van der Waals surface area contributed by atoms with Crippen LogP contribution in [0.2, 0.25) is 5.02 Å². The fourth-order valence-corrected chi connectivity index (χ4v) is 4.68. The van der Waals surface area contributed by atoms with Crippen LogP contribution in [0.4, 0.5) is 4.39 Å². The molecule has 0 unspecified atom stereocenters. The van der Waals surface area contributed by atoms with E-state index >= 15 is 0 Å². The number of hydrogen-bond donors (Lipinski definition) is 1. The van der Waals surface area contributed by atoms with E-state index in [0.29, 0.717) is 35.5 Å². The molecule has 0 spiro atoms. The van der Waals surface area contributed by atoms with Gasteiger partial charge in [-0.25, -0.2) is 13.9 Å². The average Bonchev–Trinajstić information content (AvgIpc) is 3.32. The first-order valence-corrected chi connectivity index (χ1v) is 11.8. The second-order valence-corrected chi connectivity index (χ2v) is 9.30. The number of carbonyl (C=O) groups excluding carboxylic acids is 1. The summed E-state index contributed by atoms with van der Waals surface area (Å²) in [4.78, 5) is 19.7. The Kier molecular flexibility index (Phi) is 5.74. The maximum absolute atomic E-state index is 14.0. The minimum absolute atomic E-state index is 0.0207. The lowest BCUT2D eigenvalue weighted by atomic mass is 9.89. The summed E-state index contributed by atoms with van der Waals surface area (Å²) in [6.07, 6.45) is 2.76. The molecule has 0 radical (unpaired) electrons. The van der Waals surface area contributed by atoms with E-state index in [1.54, 1.807) is 9.42 Å². The number of nitrogens with one attached hydrogen (secondary N) is 1. The van der Waals surface area contributed by atoms with Crippen LogP contribution in [-0.4, -0.2) is 44.1 Å². The normalized spacial score (nSPS) is 19.6. The first-order chi connectivity index (χ1) is 15.9. The van der Waals surface area contributed by atoms with Crippen molar-refractivity contribution in [1.29, 1.82) is 0 Å². The van der Waals surface area contributed by atoms with Crippen molar-refractivity contribution < 1.29 is 13.9 Å². The third-order valence-corrected chi connectivity index (χ3v) is 7.04. The Morgan fingerprint density at radius 2 is 2.09 bits per heavy atom. The van der Waals surface area contributed by atoms with Gasteiger partial charge in [-0.05, 0) is 51.8 Å². The maximum Gasteiger partial charge on any atom is 0.258 e. The van der Waals surface area contributed by atoms with E-state index < -0.39 is 5.82 Å². The van der Waals surface area contributed by atoms with Crippen LogP contribution in [0.3, 0.4) is 0 Å². The molecule has 1 aliphatic heterocycles. The van der Waals surface area contributed by atoms with Gasteiger partial charge in [0.15, 0.2) is 5.65 Å². The van der Waals surface area contributed by atoms with Gasteiger partial charge < -0.3 is 15.0 Å². The van der Waals surface area contributed by atoms with E-state index in [1.807, 2.05) is 13.8 Å². The third kappa shape index (κ3) is 3.95. The fraction of sp³-hybridized carbons (Fsp3) is 0.458. The van der Waals surface area contributed by atoms with Crippen LogP contribution in [0.5, 0.6) is 5.75 Å². The highest BCUT2D eigenvalue weighted by atomic mass is 35.5. The molecule has 33 heavy (non-hydrogen) atoms. The molecule has 1 N–H and O–H groups in total. The Hall–Kier alpha value is -2.71. The van der Waals surface area contributed by atoms with Gasteiger partial charge in [0.2, 0.25) is 0 Å². The van der Waals surface area contributed by atoms with Crippen LogP contribution in [0.15, 0.2) is 18.2 Å². The Balaban J connectivity index is 1.34. The largest absolute Gasteiger partial charge is 0.489 e. The summed E-state index contributed by atoms with van der Waals surface area (Å²) in [5.41, 5.74) is 4.36. The standard InChI is InChI=1S/C24H27ClFN5O2/c1-4-7-27-16-9-17(10-16)33-21-8-15(26)5-6-18(21)24(32)30-11-19-20(12-30)29-31-14(3)22(25)13(2)28-23(19)31/h5-6,8,16-17,27H,4,7,9-12H2,1-3H3. The molecule has 7 nitrogen and oxygen atoms in total. The van der Waals surface area contributed by atoms with Crippen molar-refractivity contribution in [1.82, 2.24) is 24.8 Å². The van der Waals surface area contributed by atoms with Gasteiger partial charge in [0.25, 0.3) is 5.91 Å². The average molecular weight is 472 g/mol. The van der Waals surface area contributed by atoms with E-state index in [9.17, 15) is 9.18 Å². The summed E-state index contributed by atoms with van der Waals surface area (Å²) in [7, 11) is 0. The summed E-state index contributed by atoms with van der Waals surface area (Å²) in [6, 6.07) is 4.53. The predicted molar refractivity (Wildman–Crippen MR) is 123 cm³/mol. The highest BCUT2D eigenvalue weighted by molar-refractivity contribution is 6.31. The van der Waals surface area contributed by atoms with Crippen LogP contribution < -0.4 is 10.1 Å². The van der Waals surface area contributed by atoms with Crippen LogP contribution in [0.25, 0.3) is 5.65 Å². The molecule has 5 rings (SSSR count). The number of amides is 1. The van der Waals surface area contributed by atoms with Gasteiger partial charge in [-0.3, -0.25) is 4.79 Å². The highest BCUT2D eigenvalue weighted by Crippen LogP contribution is 2.33. The topological polar surface area (TPSA) is 71.8 Å². The van der Waals surface area contributed by atoms with E-state index in [2.05, 4.69) is 22.3 Å². The number of nitrogens with zero attached hydrogens (tertiary/aromatic N) is 4. The number of rotatable bonds is 6. The Labute approximate surface area is 196 Å². The van der Waals surface area contributed by atoms with Crippen molar-refractivity contribution in [2.24, 2.45) is 0 Å². The van der Waals surface area contributed by atoms with Crippen LogP contribution in [0.1, 0.15) is 59.2 Å². The number of carbonyl (C=O) groups is 1. The summed E-state index contributed by atoms with van der Waals surface area (Å²) in [5.74, 6) is -0.325. The van der Waals surface area contributed by atoms with Gasteiger partial charge in [0, 0.05) is 17.7 Å². The molecule has 1 saturated carbocycles. The van der Waals surface area contributed by atoms with Crippen molar-refractivity contribution in [2.75, 3.05) is 6.54 Å². The number of fused-ring (bicyclic) bond motifs is 3. The minimum atomic E-state index is -0.420. The second-order valence-electron chi connectivity index (χ2n) is 8.92. The molecule has 0 saturated heterocycles. The highest BCUT2D eigenvalue weighted by Gasteiger charge is 2.34. The number of hydrogen-bond acceptors (Lipinski definition) is 5. The molecule has 2 aliphatic rings. The maximum atomic E-state index is 14.0. The molecular weight excluding hydrogens is 445 g/mol. The zero-order chi connectivity index (χ0) is 23.3. The summed E-state index contributed by atoms with van der Waals surface area (Å²) in [5, 5.41) is 8.69. The zero-order valence-electron chi connectivity index (χ0n) is 19.0. The van der Waals surface area contributed by atoms with Crippen molar-refractivity contribution in [3.05, 3.63) is 57.2 Å². The lowest BCUT2D eigenvalue weighted by molar-refractivity contribution is 0.0701. The van der Waals surface area contributed by atoms with Crippen LogP contribution >= 0.6 is 11.6 Å². The molecule has 174 valence electrons. The van der Waals surface area contributed by atoms with Gasteiger partial charge >= 0.3 is 0 Å². The van der Waals surface area contributed by atoms with Crippen LogP contribution in [0, 0.1) is 19.7 Å². The monoisotopic (exact) mass is 471 g/mol. The molecule has 3 heterocycles. The fourth-order valence-electron chi connectivity index (χ4n) is 4.55. The van der Waals surface area contributed by atoms with E-state index in [1.165, 1.54) is 18.2 Å². The van der Waals surface area contributed by atoms with Crippen molar-refractivity contribution >= 4 is 23.2 Å². The Morgan fingerprint density at radius 3 is 2.85 bits per heavy atom. The number of halogens is 2. The van der Waals surface area contributed by atoms with Crippen molar-refractivity contribution in [2.45, 2.75) is 65.3 Å². The van der Waals surface area contributed by atoms with E-state index in [0.717, 1.165) is 54.1 Å². The number of benzene rings is 1. The summed E-state index contributed by atoms with van der Waals surface area (Å²) >= 11 is 6.32. The van der Waals surface area contributed by atoms with E-state index in [4.69, 9.17) is 16.3 Å². The van der Waals surface area contributed by atoms with Crippen molar-refractivity contribution in [3.63, 3.8) is 0 Å². The Morgan fingerprint density at radius 1 is 1.30 bits per heavy atom. The third-order valence-electron chi connectivity index (χ3n) is 6.49. The first-order valence-electron chi connectivity index (χ1n) is 11.4. The van der Waals surface area contributed by atoms with Crippen LogP contribution in [-0.2, 0) is 13.1 Å². The van der Waals surface area contributed by atoms with Gasteiger partial charge in [0.05, 0.1) is 40.8 Å². The molecule has 9 heteroatoms. The second kappa shape index (κ2) is 8.57. The molecule has 3 aromatic rings. The zero-order valence-corrected chi connectivity index (χ0v) is 19.7. The van der Waals surface area contributed by atoms with Gasteiger partial charge in [-0.2, -0.15) is 5.10 Å². The summed E-state index contributed by atoms with van der Waals surface area (Å²) in [6.45, 7) is 7.61. The molecule has 1 aromatic carbocycles. The molecule has 1 amide bonds. The first kappa shape index (κ1) is 22.1. The quantitative estimate of drug-likeness (QED) is 0.583. The number of aryl methyl sites for hydroxylation is 2. The lowest BCUT2D eigenvalue weighted by Gasteiger charge is -2.36. The smallest absolute Gasteiger partial charge is 0.258 e. The molecule has 0 atom stereocenters. The summed E-state index contributed by atoms with van der Waals surface area (Å²) < 4.78 is 21.8. The predicted octanol–water partition coefficient (Wildman–Crippen LogP) is 4.20. The minimum Gasteiger partial charge on any atom is -0.489 e. The molecular formula is C24H27ClFN5O2. The lowest BCUT2D eigenvalue weighted by Crippen LogP contribution is -2.47. The molecule has 2 aromatic heterocycles. The van der Waals surface area contributed by atoms with Crippen molar-refractivity contribution in [3.8, 4) is 5.75 Å². The number of aromatic nitrogens is 3. The molecule has 1 fully saturated rings. The molecule has 1 aliphatic carbocycles. The van der Waals surface area contributed by atoms with Gasteiger partial charge in [-0.15, -0.1) is 0 Å². The van der Waals surface area contributed by atoms with Gasteiger partial charge in [-0.1, -0.05) is 18.5 Å². The SMILES string of the molecule is CCCNC1CC(Oc2cc(F)ccc2C(=O)N2Cc3nn4c(C)c(Cl)c(C)nc4c3C2)C1. The Bertz CT molecular complexity index is 1240. The van der Waals surface area contributed by atoms with Gasteiger partial charge in [0.1, 0.15) is 17.7 Å².